The van der Waals surface area contributed by atoms with Gasteiger partial charge in [0.25, 0.3) is 0 Å². The fourth-order valence-corrected chi connectivity index (χ4v) is 4.07. The van der Waals surface area contributed by atoms with E-state index in [2.05, 4.69) is 40.6 Å². The van der Waals surface area contributed by atoms with Crippen LogP contribution in [0.1, 0.15) is 55.7 Å². The van der Waals surface area contributed by atoms with Crippen LogP contribution in [0.4, 0.5) is 0 Å². The number of hydrogen-bond donors (Lipinski definition) is 1. The number of amides is 1. The summed E-state index contributed by atoms with van der Waals surface area (Å²) in [6.45, 7) is 0.350. The van der Waals surface area contributed by atoms with Crippen molar-refractivity contribution in [2.45, 2.75) is 56.5 Å². The number of hydrogen-bond acceptors (Lipinski definition) is 3. The van der Waals surface area contributed by atoms with Gasteiger partial charge < -0.3 is 5.32 Å². The number of nitriles is 1. The molecule has 0 heterocycles. The summed E-state index contributed by atoms with van der Waals surface area (Å²) in [5.41, 5.74) is 2.13. The van der Waals surface area contributed by atoms with E-state index >= 15 is 0 Å². The molecule has 0 radical (unpaired) electrons. The van der Waals surface area contributed by atoms with Crippen LogP contribution in [-0.2, 0) is 11.2 Å². The average molecular weight is 311 g/mol. The molecule has 0 aliphatic heterocycles. The van der Waals surface area contributed by atoms with Crippen molar-refractivity contribution in [3.8, 4) is 6.07 Å². The van der Waals surface area contributed by atoms with Gasteiger partial charge in [0, 0.05) is 6.04 Å². The van der Waals surface area contributed by atoms with Gasteiger partial charge in [0.2, 0.25) is 5.91 Å². The lowest BCUT2D eigenvalue weighted by Crippen LogP contribution is -2.49. The molecule has 4 heteroatoms. The van der Waals surface area contributed by atoms with Crippen molar-refractivity contribution in [1.29, 1.82) is 5.26 Å². The third-order valence-electron chi connectivity index (χ3n) is 5.31. The van der Waals surface area contributed by atoms with E-state index < -0.39 is 5.54 Å². The first kappa shape index (κ1) is 16.0. The van der Waals surface area contributed by atoms with E-state index in [1.165, 1.54) is 11.1 Å². The van der Waals surface area contributed by atoms with Crippen molar-refractivity contribution >= 4 is 5.91 Å². The Bertz CT molecular complexity index is 613. The fourth-order valence-electron chi connectivity index (χ4n) is 4.07. The Labute approximate surface area is 138 Å². The molecule has 1 amide bonds. The normalized spacial score (nSPS) is 22.4. The number of fused-ring (bicyclic) bond motifs is 1. The Hall–Kier alpha value is -1.86. The molecule has 122 valence electrons. The van der Waals surface area contributed by atoms with E-state index in [4.69, 9.17) is 0 Å². The minimum absolute atomic E-state index is 0.0287. The van der Waals surface area contributed by atoms with Crippen LogP contribution >= 0.6 is 0 Å². The number of likely N-dealkylation sites (N-methyl/N-ethyl adjacent to an activating group) is 1. The van der Waals surface area contributed by atoms with Gasteiger partial charge in [-0.05, 0) is 63.1 Å². The quantitative estimate of drug-likeness (QED) is 0.930. The highest BCUT2D eigenvalue weighted by Gasteiger charge is 2.36. The Morgan fingerprint density at radius 2 is 2.09 bits per heavy atom. The topological polar surface area (TPSA) is 56.1 Å². The van der Waals surface area contributed by atoms with Gasteiger partial charge in [-0.15, -0.1) is 0 Å². The number of carbonyl (C=O) groups excluding carboxylic acids is 1. The van der Waals surface area contributed by atoms with Gasteiger partial charge in [-0.3, -0.25) is 9.69 Å². The van der Waals surface area contributed by atoms with Crippen LogP contribution in [0.5, 0.6) is 0 Å². The maximum atomic E-state index is 12.4. The second kappa shape index (κ2) is 6.72. The predicted molar refractivity (Wildman–Crippen MR) is 89.7 cm³/mol. The molecule has 1 atom stereocenters. The molecular weight excluding hydrogens is 286 g/mol. The van der Waals surface area contributed by atoms with Gasteiger partial charge in [0.15, 0.2) is 0 Å². The van der Waals surface area contributed by atoms with E-state index in [-0.39, 0.29) is 5.91 Å². The van der Waals surface area contributed by atoms with Crippen molar-refractivity contribution in [2.75, 3.05) is 13.6 Å². The average Bonchev–Trinajstić information content (AvgIpc) is 3.03. The Morgan fingerprint density at radius 1 is 1.35 bits per heavy atom. The molecule has 0 saturated heterocycles. The van der Waals surface area contributed by atoms with E-state index in [1.807, 2.05) is 7.05 Å². The first-order valence-corrected chi connectivity index (χ1v) is 8.64. The number of carbonyl (C=O) groups is 1. The third-order valence-corrected chi connectivity index (χ3v) is 5.31. The molecule has 3 rings (SSSR count). The summed E-state index contributed by atoms with van der Waals surface area (Å²) >= 11 is 0. The number of nitrogens with zero attached hydrogens (tertiary/aromatic N) is 2. The zero-order valence-electron chi connectivity index (χ0n) is 13.8. The molecule has 0 spiro atoms. The molecule has 1 N–H and O–H groups in total. The second-order valence-corrected chi connectivity index (χ2v) is 6.97. The van der Waals surface area contributed by atoms with E-state index in [9.17, 15) is 10.1 Å². The summed E-state index contributed by atoms with van der Waals surface area (Å²) in [5.74, 6) is -0.0287. The lowest BCUT2D eigenvalue weighted by Gasteiger charge is -2.33. The van der Waals surface area contributed by atoms with Gasteiger partial charge in [0.05, 0.1) is 12.6 Å². The number of rotatable bonds is 4. The molecule has 1 aromatic carbocycles. The van der Waals surface area contributed by atoms with Crippen LogP contribution < -0.4 is 5.32 Å². The van der Waals surface area contributed by atoms with Gasteiger partial charge in [-0.2, -0.15) is 5.26 Å². The van der Waals surface area contributed by atoms with Crippen LogP contribution in [0.15, 0.2) is 24.3 Å². The largest absolute Gasteiger partial charge is 0.337 e. The highest BCUT2D eigenvalue weighted by Crippen LogP contribution is 2.33. The summed E-state index contributed by atoms with van der Waals surface area (Å²) in [6, 6.07) is 11.2. The first-order valence-electron chi connectivity index (χ1n) is 8.64. The van der Waals surface area contributed by atoms with E-state index in [0.717, 1.165) is 44.9 Å². The SMILES string of the molecule is CN(CC(=O)NC1(C#N)CCCC1)[C@@H]1CCCc2ccccc21. The molecule has 2 aliphatic carbocycles. The van der Waals surface area contributed by atoms with Crippen LogP contribution in [0.25, 0.3) is 0 Å². The number of aryl methyl sites for hydroxylation is 1. The third kappa shape index (κ3) is 3.40. The second-order valence-electron chi connectivity index (χ2n) is 6.97. The fraction of sp³-hybridized carbons (Fsp3) is 0.579. The van der Waals surface area contributed by atoms with Gasteiger partial charge >= 0.3 is 0 Å². The zero-order chi connectivity index (χ0) is 16.3. The first-order chi connectivity index (χ1) is 11.1. The monoisotopic (exact) mass is 311 g/mol. The Kier molecular flexibility index (Phi) is 4.68. The summed E-state index contributed by atoms with van der Waals surface area (Å²) < 4.78 is 0. The smallest absolute Gasteiger partial charge is 0.235 e. The van der Waals surface area contributed by atoms with Gasteiger partial charge in [-0.1, -0.05) is 24.3 Å². The van der Waals surface area contributed by atoms with Crippen molar-refractivity contribution in [3.05, 3.63) is 35.4 Å². The molecule has 2 aliphatic rings. The van der Waals surface area contributed by atoms with E-state index in [1.54, 1.807) is 0 Å². The maximum Gasteiger partial charge on any atom is 0.235 e. The Morgan fingerprint density at radius 3 is 2.83 bits per heavy atom. The number of nitrogens with one attached hydrogen (secondary N) is 1. The minimum Gasteiger partial charge on any atom is -0.337 e. The summed E-state index contributed by atoms with van der Waals surface area (Å²) in [7, 11) is 2.01. The zero-order valence-corrected chi connectivity index (χ0v) is 13.8. The van der Waals surface area contributed by atoms with Crippen molar-refractivity contribution in [3.63, 3.8) is 0 Å². The standard InChI is InChI=1S/C19H25N3O/c1-22(13-18(23)21-19(14-20)11-4-5-12-19)17-10-6-8-15-7-2-3-9-16(15)17/h2-3,7,9,17H,4-6,8,10-13H2,1H3,(H,21,23)/t17-/m1/s1. The molecule has 4 nitrogen and oxygen atoms in total. The van der Waals surface area contributed by atoms with Gasteiger partial charge in [-0.25, -0.2) is 0 Å². The van der Waals surface area contributed by atoms with Crippen LogP contribution in [0.3, 0.4) is 0 Å². The van der Waals surface area contributed by atoms with Crippen molar-refractivity contribution in [2.24, 2.45) is 0 Å². The molecule has 1 saturated carbocycles. The van der Waals surface area contributed by atoms with Crippen LogP contribution in [-0.4, -0.2) is 29.9 Å². The Balaban J connectivity index is 1.65. The summed E-state index contributed by atoms with van der Waals surface area (Å²) in [5, 5.41) is 12.4. The molecule has 0 aromatic heterocycles. The van der Waals surface area contributed by atoms with Crippen LogP contribution in [0.2, 0.25) is 0 Å². The lowest BCUT2D eigenvalue weighted by molar-refractivity contribution is -0.123. The molecule has 0 unspecified atom stereocenters. The molecule has 1 aromatic rings. The van der Waals surface area contributed by atoms with Crippen molar-refractivity contribution < 1.29 is 4.79 Å². The summed E-state index contributed by atoms with van der Waals surface area (Å²) in [6.07, 6.45) is 7.00. The van der Waals surface area contributed by atoms with E-state index in [0.29, 0.717) is 12.6 Å². The molecule has 1 fully saturated rings. The molecule has 23 heavy (non-hydrogen) atoms. The maximum absolute atomic E-state index is 12.4. The van der Waals surface area contributed by atoms with Crippen LogP contribution in [0, 0.1) is 11.3 Å². The van der Waals surface area contributed by atoms with Gasteiger partial charge in [0.1, 0.15) is 5.54 Å². The lowest BCUT2D eigenvalue weighted by atomic mass is 9.87. The number of benzene rings is 1. The van der Waals surface area contributed by atoms with Crippen molar-refractivity contribution in [1.82, 2.24) is 10.2 Å². The molecule has 0 bridgehead atoms. The highest BCUT2D eigenvalue weighted by molar-refractivity contribution is 5.79. The summed E-state index contributed by atoms with van der Waals surface area (Å²) in [4.78, 5) is 14.6. The highest BCUT2D eigenvalue weighted by atomic mass is 16.2. The minimum atomic E-state index is -0.623. The molecular formula is C19H25N3O. The predicted octanol–water partition coefficient (Wildman–Crippen LogP) is 2.95.